The van der Waals surface area contributed by atoms with E-state index in [2.05, 4.69) is 22.8 Å². The van der Waals surface area contributed by atoms with Gasteiger partial charge < -0.3 is 20.5 Å². The highest BCUT2D eigenvalue weighted by atomic mass is 16.5. The molecular formula is C25H30N2O5. The third kappa shape index (κ3) is 5.10. The van der Waals surface area contributed by atoms with Gasteiger partial charge in [0.05, 0.1) is 5.92 Å². The number of hydrogen-bond acceptors (Lipinski definition) is 4. The van der Waals surface area contributed by atoms with Crippen LogP contribution in [0.3, 0.4) is 0 Å². The summed E-state index contributed by atoms with van der Waals surface area (Å²) in [6.45, 7) is 5.38. The zero-order chi connectivity index (χ0) is 23.3. The number of alkyl carbamates (subject to hydrolysis) is 1. The molecule has 3 rings (SSSR count). The maximum absolute atomic E-state index is 12.4. The van der Waals surface area contributed by atoms with E-state index in [1.165, 1.54) is 0 Å². The SMILES string of the molecule is CCC[C@H](NC(=O)C(C)C(C)NC(=O)OCC1c2ccccc2-c2ccccc21)C(=O)O. The Bertz CT molecular complexity index is 944. The van der Waals surface area contributed by atoms with Crippen LogP contribution in [0.2, 0.25) is 0 Å². The highest BCUT2D eigenvalue weighted by Crippen LogP contribution is 2.44. The zero-order valence-corrected chi connectivity index (χ0v) is 18.6. The molecule has 0 spiro atoms. The fourth-order valence-electron chi connectivity index (χ4n) is 4.03. The Morgan fingerprint density at radius 3 is 2.06 bits per heavy atom. The standard InChI is InChI=1S/C25H30N2O5/c1-4-9-22(24(29)30)27-23(28)15(2)16(3)26-25(31)32-14-21-19-12-7-5-10-17(19)18-11-6-8-13-20(18)21/h5-8,10-13,15-16,21-22H,4,9,14H2,1-3H3,(H,26,31)(H,27,28)(H,29,30)/t15?,16?,22-/m0/s1. The van der Waals surface area contributed by atoms with Crippen molar-refractivity contribution in [1.29, 1.82) is 0 Å². The summed E-state index contributed by atoms with van der Waals surface area (Å²) in [5.74, 6) is -2.15. The molecule has 2 aromatic rings. The average Bonchev–Trinajstić information content (AvgIpc) is 3.10. The van der Waals surface area contributed by atoms with Crippen LogP contribution in [0.1, 0.15) is 50.7 Å². The van der Waals surface area contributed by atoms with E-state index >= 15 is 0 Å². The number of hydrogen-bond donors (Lipinski definition) is 3. The number of benzene rings is 2. The Morgan fingerprint density at radius 1 is 0.969 bits per heavy atom. The van der Waals surface area contributed by atoms with Gasteiger partial charge in [-0.25, -0.2) is 9.59 Å². The molecule has 3 N–H and O–H groups in total. The molecule has 7 heteroatoms. The van der Waals surface area contributed by atoms with E-state index in [-0.39, 0.29) is 12.5 Å². The fourth-order valence-corrected chi connectivity index (χ4v) is 4.03. The van der Waals surface area contributed by atoms with Gasteiger partial charge in [0.15, 0.2) is 0 Å². The highest BCUT2D eigenvalue weighted by molar-refractivity contribution is 5.85. The van der Waals surface area contributed by atoms with Crippen LogP contribution in [0, 0.1) is 5.92 Å². The molecule has 0 saturated carbocycles. The molecule has 0 bridgehead atoms. The number of carbonyl (C=O) groups is 3. The van der Waals surface area contributed by atoms with Gasteiger partial charge in [0, 0.05) is 12.0 Å². The van der Waals surface area contributed by atoms with Gasteiger partial charge in [-0.15, -0.1) is 0 Å². The first-order valence-corrected chi connectivity index (χ1v) is 11.0. The summed E-state index contributed by atoms with van der Waals surface area (Å²) in [6.07, 6.45) is 0.378. The Kier molecular flexibility index (Phi) is 7.51. The van der Waals surface area contributed by atoms with Crippen LogP contribution in [-0.4, -0.2) is 41.8 Å². The van der Waals surface area contributed by atoms with Crippen molar-refractivity contribution in [3.05, 3.63) is 59.7 Å². The normalized spacial score (nSPS) is 15.1. The lowest BCUT2D eigenvalue weighted by molar-refractivity contribution is -0.142. The maximum atomic E-state index is 12.4. The van der Waals surface area contributed by atoms with E-state index in [4.69, 9.17) is 4.74 Å². The predicted molar refractivity (Wildman–Crippen MR) is 121 cm³/mol. The van der Waals surface area contributed by atoms with Gasteiger partial charge in [-0.05, 0) is 35.6 Å². The highest BCUT2D eigenvalue weighted by Gasteiger charge is 2.30. The van der Waals surface area contributed by atoms with Crippen molar-refractivity contribution in [2.45, 2.75) is 51.6 Å². The molecule has 2 amide bonds. The summed E-state index contributed by atoms with van der Waals surface area (Å²) in [6, 6.07) is 14.7. The predicted octanol–water partition coefficient (Wildman–Crippen LogP) is 3.92. The minimum Gasteiger partial charge on any atom is -0.480 e. The number of amides is 2. The smallest absolute Gasteiger partial charge is 0.407 e. The average molecular weight is 439 g/mol. The van der Waals surface area contributed by atoms with Crippen molar-refractivity contribution in [3.8, 4) is 11.1 Å². The first-order chi connectivity index (χ1) is 15.3. The zero-order valence-electron chi connectivity index (χ0n) is 18.6. The molecule has 2 unspecified atom stereocenters. The van der Waals surface area contributed by atoms with Crippen LogP contribution < -0.4 is 10.6 Å². The van der Waals surface area contributed by atoms with Gasteiger partial charge in [-0.3, -0.25) is 4.79 Å². The molecule has 7 nitrogen and oxygen atoms in total. The Morgan fingerprint density at radius 2 is 1.53 bits per heavy atom. The minimum absolute atomic E-state index is 0.0467. The van der Waals surface area contributed by atoms with E-state index in [0.717, 1.165) is 22.3 Å². The number of ether oxygens (including phenoxy) is 1. The van der Waals surface area contributed by atoms with Gasteiger partial charge in [-0.1, -0.05) is 68.8 Å². The second-order valence-electron chi connectivity index (χ2n) is 8.24. The van der Waals surface area contributed by atoms with E-state index in [0.29, 0.717) is 12.8 Å². The van der Waals surface area contributed by atoms with Crippen molar-refractivity contribution in [1.82, 2.24) is 10.6 Å². The number of aliphatic carboxylic acids is 1. The molecule has 0 saturated heterocycles. The third-order valence-electron chi connectivity index (χ3n) is 6.04. The number of carboxylic acids is 1. The number of fused-ring (bicyclic) bond motifs is 3. The molecule has 3 atom stereocenters. The van der Waals surface area contributed by atoms with Crippen molar-refractivity contribution in [2.24, 2.45) is 5.92 Å². The van der Waals surface area contributed by atoms with Gasteiger partial charge >= 0.3 is 12.1 Å². The lowest BCUT2D eigenvalue weighted by atomic mass is 9.98. The van der Waals surface area contributed by atoms with Crippen molar-refractivity contribution in [2.75, 3.05) is 6.61 Å². The van der Waals surface area contributed by atoms with E-state index in [1.54, 1.807) is 13.8 Å². The summed E-state index contributed by atoms with van der Waals surface area (Å²) in [4.78, 5) is 36.1. The first kappa shape index (κ1) is 23.3. The number of carbonyl (C=O) groups excluding carboxylic acids is 2. The van der Waals surface area contributed by atoms with Crippen LogP contribution in [0.25, 0.3) is 11.1 Å². The Labute approximate surface area is 188 Å². The quantitative estimate of drug-likeness (QED) is 0.550. The third-order valence-corrected chi connectivity index (χ3v) is 6.04. The first-order valence-electron chi connectivity index (χ1n) is 11.0. The molecule has 1 aliphatic carbocycles. The van der Waals surface area contributed by atoms with E-state index < -0.39 is 36.0 Å². The topological polar surface area (TPSA) is 105 Å². The van der Waals surface area contributed by atoms with Crippen molar-refractivity contribution < 1.29 is 24.2 Å². The van der Waals surface area contributed by atoms with Crippen molar-refractivity contribution >= 4 is 18.0 Å². The molecule has 2 aromatic carbocycles. The monoisotopic (exact) mass is 438 g/mol. The van der Waals surface area contributed by atoms with Gasteiger partial charge in [-0.2, -0.15) is 0 Å². The van der Waals surface area contributed by atoms with Gasteiger partial charge in [0.1, 0.15) is 12.6 Å². The van der Waals surface area contributed by atoms with E-state index in [1.807, 2.05) is 43.3 Å². The minimum atomic E-state index is -1.07. The second kappa shape index (κ2) is 10.3. The van der Waals surface area contributed by atoms with Crippen molar-refractivity contribution in [3.63, 3.8) is 0 Å². The molecular weight excluding hydrogens is 408 g/mol. The molecule has 32 heavy (non-hydrogen) atoms. The molecule has 0 radical (unpaired) electrons. The van der Waals surface area contributed by atoms with Crippen LogP contribution >= 0.6 is 0 Å². The van der Waals surface area contributed by atoms with Gasteiger partial charge in [0.2, 0.25) is 5.91 Å². The van der Waals surface area contributed by atoms with Crippen LogP contribution in [0.15, 0.2) is 48.5 Å². The lowest BCUT2D eigenvalue weighted by Crippen LogP contribution is -2.48. The van der Waals surface area contributed by atoms with Crippen LogP contribution in [0.4, 0.5) is 4.79 Å². The maximum Gasteiger partial charge on any atom is 0.407 e. The Hall–Kier alpha value is -3.35. The Balaban J connectivity index is 1.57. The van der Waals surface area contributed by atoms with Crippen LogP contribution in [0.5, 0.6) is 0 Å². The number of nitrogens with one attached hydrogen (secondary N) is 2. The molecule has 0 heterocycles. The van der Waals surface area contributed by atoms with Crippen LogP contribution in [-0.2, 0) is 14.3 Å². The molecule has 0 aliphatic heterocycles. The summed E-state index contributed by atoms with van der Waals surface area (Å²) in [7, 11) is 0. The second-order valence-corrected chi connectivity index (χ2v) is 8.24. The molecule has 0 aromatic heterocycles. The van der Waals surface area contributed by atoms with E-state index in [9.17, 15) is 19.5 Å². The van der Waals surface area contributed by atoms with Gasteiger partial charge in [0.25, 0.3) is 0 Å². The molecule has 170 valence electrons. The number of rotatable bonds is 9. The number of carboxylic acid groups (broad SMARTS) is 1. The molecule has 1 aliphatic rings. The summed E-state index contributed by atoms with van der Waals surface area (Å²) >= 11 is 0. The lowest BCUT2D eigenvalue weighted by Gasteiger charge is -2.23. The summed E-state index contributed by atoms with van der Waals surface area (Å²) in [5.41, 5.74) is 4.54. The molecule has 0 fully saturated rings. The fraction of sp³-hybridized carbons (Fsp3) is 0.400. The largest absolute Gasteiger partial charge is 0.480 e. The summed E-state index contributed by atoms with van der Waals surface area (Å²) in [5, 5.41) is 14.5. The summed E-state index contributed by atoms with van der Waals surface area (Å²) < 4.78 is 5.52.